The van der Waals surface area contributed by atoms with Crippen molar-refractivity contribution in [2.24, 2.45) is 0 Å². The molecule has 0 aliphatic heterocycles. The van der Waals surface area contributed by atoms with Crippen LogP contribution in [-0.2, 0) is 6.54 Å². The topological polar surface area (TPSA) is 81.2 Å². The van der Waals surface area contributed by atoms with Crippen molar-refractivity contribution in [2.45, 2.75) is 26.5 Å². The molecular weight excluding hydrogens is 174 g/mol. The number of aliphatic hydroxyl groups is 1. The fraction of sp³-hybridized carbons (Fsp3) is 0.571. The average molecular weight is 185 g/mol. The standard InChI is InChI=1S/C7H11N3O3/c1-5-3-9(4-6(2)11)8-7(5)10(12)13/h3,6,11H,4H2,1-2H3/t6-/m1/s1. The fourth-order valence-electron chi connectivity index (χ4n) is 1.06. The number of hydrogen-bond donors (Lipinski definition) is 1. The Kier molecular flexibility index (Phi) is 2.62. The normalized spacial score (nSPS) is 12.8. The summed E-state index contributed by atoms with van der Waals surface area (Å²) < 4.78 is 1.37. The van der Waals surface area contributed by atoms with Gasteiger partial charge in [-0.15, -0.1) is 0 Å². The van der Waals surface area contributed by atoms with Crippen LogP contribution in [0.4, 0.5) is 5.82 Å². The summed E-state index contributed by atoms with van der Waals surface area (Å²) in [6.07, 6.45) is 0.990. The number of rotatable bonds is 3. The zero-order chi connectivity index (χ0) is 10.0. The van der Waals surface area contributed by atoms with Crippen molar-refractivity contribution in [1.82, 2.24) is 9.78 Å². The predicted octanol–water partition coefficient (Wildman–Crippen LogP) is 0.481. The van der Waals surface area contributed by atoms with Gasteiger partial charge in [0, 0.05) is 0 Å². The molecule has 0 amide bonds. The number of nitro groups is 1. The van der Waals surface area contributed by atoms with Crippen LogP contribution in [0.3, 0.4) is 0 Å². The summed E-state index contributed by atoms with van der Waals surface area (Å²) in [5.74, 6) is -0.152. The van der Waals surface area contributed by atoms with Crippen molar-refractivity contribution in [3.05, 3.63) is 21.9 Å². The Bertz CT molecular complexity index is 319. The third kappa shape index (κ3) is 2.25. The van der Waals surface area contributed by atoms with Gasteiger partial charge in [0.1, 0.15) is 0 Å². The molecule has 0 saturated carbocycles. The van der Waals surface area contributed by atoms with Gasteiger partial charge in [0.2, 0.25) is 0 Å². The lowest BCUT2D eigenvalue weighted by Crippen LogP contribution is -2.12. The van der Waals surface area contributed by atoms with Gasteiger partial charge in [-0.3, -0.25) is 0 Å². The molecule has 6 heteroatoms. The van der Waals surface area contributed by atoms with Crippen LogP contribution in [0.1, 0.15) is 12.5 Å². The smallest absolute Gasteiger partial charge is 0.391 e. The van der Waals surface area contributed by atoms with Crippen LogP contribution < -0.4 is 0 Å². The molecule has 1 N–H and O–H groups in total. The van der Waals surface area contributed by atoms with E-state index >= 15 is 0 Å². The van der Waals surface area contributed by atoms with Crippen LogP contribution in [0.2, 0.25) is 0 Å². The summed E-state index contributed by atoms with van der Waals surface area (Å²) >= 11 is 0. The van der Waals surface area contributed by atoms with Crippen molar-refractivity contribution in [2.75, 3.05) is 0 Å². The van der Waals surface area contributed by atoms with Gasteiger partial charge in [0.15, 0.2) is 0 Å². The molecule has 1 atom stereocenters. The second-order valence-corrected chi connectivity index (χ2v) is 2.96. The molecule has 0 saturated heterocycles. The molecule has 1 rings (SSSR count). The van der Waals surface area contributed by atoms with Crippen LogP contribution in [-0.4, -0.2) is 25.9 Å². The Morgan fingerprint density at radius 3 is 2.85 bits per heavy atom. The largest absolute Gasteiger partial charge is 0.392 e. The second kappa shape index (κ2) is 3.53. The van der Waals surface area contributed by atoms with E-state index in [-0.39, 0.29) is 12.4 Å². The zero-order valence-electron chi connectivity index (χ0n) is 7.47. The quantitative estimate of drug-likeness (QED) is 0.548. The van der Waals surface area contributed by atoms with Gasteiger partial charge in [-0.1, -0.05) is 0 Å². The predicted molar refractivity (Wildman–Crippen MR) is 45.3 cm³/mol. The highest BCUT2D eigenvalue weighted by atomic mass is 16.6. The van der Waals surface area contributed by atoms with E-state index in [4.69, 9.17) is 5.11 Å². The minimum Gasteiger partial charge on any atom is -0.391 e. The van der Waals surface area contributed by atoms with Crippen LogP contribution >= 0.6 is 0 Å². The molecule has 1 heterocycles. The highest BCUT2D eigenvalue weighted by Crippen LogP contribution is 2.13. The first-order valence-electron chi connectivity index (χ1n) is 3.87. The molecule has 0 fully saturated rings. The van der Waals surface area contributed by atoms with Gasteiger partial charge < -0.3 is 15.2 Å². The molecule has 0 aliphatic carbocycles. The van der Waals surface area contributed by atoms with Crippen LogP contribution in [0.5, 0.6) is 0 Å². The van der Waals surface area contributed by atoms with E-state index in [1.165, 1.54) is 4.68 Å². The summed E-state index contributed by atoms with van der Waals surface area (Å²) in [5, 5.41) is 23.1. The Hall–Kier alpha value is -1.43. The monoisotopic (exact) mass is 185 g/mol. The van der Waals surface area contributed by atoms with Crippen molar-refractivity contribution in [3.8, 4) is 0 Å². The van der Waals surface area contributed by atoms with Crippen molar-refractivity contribution in [3.63, 3.8) is 0 Å². The third-order valence-corrected chi connectivity index (χ3v) is 1.54. The van der Waals surface area contributed by atoms with Gasteiger partial charge >= 0.3 is 5.82 Å². The maximum Gasteiger partial charge on any atom is 0.392 e. The summed E-state index contributed by atoms with van der Waals surface area (Å²) in [6, 6.07) is 0. The van der Waals surface area contributed by atoms with Gasteiger partial charge in [0.25, 0.3) is 0 Å². The minimum absolute atomic E-state index is 0.152. The molecule has 13 heavy (non-hydrogen) atoms. The molecule has 72 valence electrons. The summed E-state index contributed by atoms with van der Waals surface area (Å²) in [6.45, 7) is 3.49. The molecule has 0 bridgehead atoms. The van der Waals surface area contributed by atoms with E-state index in [9.17, 15) is 10.1 Å². The van der Waals surface area contributed by atoms with E-state index in [2.05, 4.69) is 5.10 Å². The molecule has 0 aromatic carbocycles. The number of aromatic nitrogens is 2. The molecule has 1 aromatic rings. The van der Waals surface area contributed by atoms with Crippen LogP contribution in [0.15, 0.2) is 6.20 Å². The zero-order valence-corrected chi connectivity index (χ0v) is 7.47. The van der Waals surface area contributed by atoms with Gasteiger partial charge in [-0.25, -0.2) is 0 Å². The Morgan fingerprint density at radius 2 is 2.46 bits per heavy atom. The number of aliphatic hydroxyl groups excluding tert-OH is 1. The highest BCUT2D eigenvalue weighted by molar-refractivity contribution is 5.27. The van der Waals surface area contributed by atoms with E-state index in [1.54, 1.807) is 20.0 Å². The second-order valence-electron chi connectivity index (χ2n) is 2.96. The van der Waals surface area contributed by atoms with Gasteiger partial charge in [-0.2, -0.15) is 4.68 Å². The average Bonchev–Trinajstić information content (AvgIpc) is 2.29. The van der Waals surface area contributed by atoms with Crippen molar-refractivity contribution in [1.29, 1.82) is 0 Å². The lowest BCUT2D eigenvalue weighted by atomic mass is 10.4. The van der Waals surface area contributed by atoms with Crippen molar-refractivity contribution >= 4 is 5.82 Å². The fourth-order valence-corrected chi connectivity index (χ4v) is 1.06. The molecular formula is C7H11N3O3. The number of nitrogens with zero attached hydrogens (tertiary/aromatic N) is 3. The maximum atomic E-state index is 10.4. The van der Waals surface area contributed by atoms with E-state index in [1.807, 2.05) is 0 Å². The molecule has 1 aromatic heterocycles. The summed E-state index contributed by atoms with van der Waals surface area (Å²) in [7, 11) is 0. The summed E-state index contributed by atoms with van der Waals surface area (Å²) in [5.41, 5.74) is 0.505. The lowest BCUT2D eigenvalue weighted by Gasteiger charge is -1.98. The first-order valence-corrected chi connectivity index (χ1v) is 3.87. The number of hydrogen-bond acceptors (Lipinski definition) is 4. The van der Waals surface area contributed by atoms with E-state index < -0.39 is 11.0 Å². The van der Waals surface area contributed by atoms with E-state index in [0.29, 0.717) is 5.56 Å². The lowest BCUT2D eigenvalue weighted by molar-refractivity contribution is -0.390. The maximum absolute atomic E-state index is 10.4. The molecule has 0 spiro atoms. The first-order chi connectivity index (χ1) is 6.00. The Labute approximate surface area is 74.9 Å². The Morgan fingerprint density at radius 1 is 1.85 bits per heavy atom. The van der Waals surface area contributed by atoms with Gasteiger partial charge in [-0.05, 0) is 18.8 Å². The van der Waals surface area contributed by atoms with E-state index in [0.717, 1.165) is 0 Å². The van der Waals surface area contributed by atoms with Crippen LogP contribution in [0.25, 0.3) is 0 Å². The molecule has 0 aliphatic rings. The highest BCUT2D eigenvalue weighted by Gasteiger charge is 2.17. The first kappa shape index (κ1) is 9.66. The van der Waals surface area contributed by atoms with Crippen LogP contribution in [0, 0.1) is 17.0 Å². The summed E-state index contributed by atoms with van der Waals surface area (Å²) in [4.78, 5) is 9.85. The third-order valence-electron chi connectivity index (χ3n) is 1.54. The Balaban J connectivity index is 2.89. The molecule has 6 nitrogen and oxygen atoms in total. The number of aryl methyl sites for hydroxylation is 1. The van der Waals surface area contributed by atoms with Gasteiger partial charge in [0.05, 0.1) is 29.5 Å². The SMILES string of the molecule is Cc1cn(C[C@@H](C)O)nc1[N+](=O)[O-]. The molecule has 0 radical (unpaired) electrons. The minimum atomic E-state index is -0.557. The molecule has 0 unspecified atom stereocenters. The van der Waals surface area contributed by atoms with Crippen molar-refractivity contribution < 1.29 is 10.0 Å².